The van der Waals surface area contributed by atoms with Gasteiger partial charge < -0.3 is 10.6 Å². The van der Waals surface area contributed by atoms with Crippen LogP contribution >= 0.6 is 11.8 Å². The topological polar surface area (TPSA) is 82.6 Å². The summed E-state index contributed by atoms with van der Waals surface area (Å²) in [6.07, 6.45) is 2.57. The minimum atomic E-state index is -3.29. The van der Waals surface area contributed by atoms with Gasteiger partial charge in [0, 0.05) is 31.4 Å². The second kappa shape index (κ2) is 10.2. The number of nitrogens with zero attached hydrogens (tertiary/aromatic N) is 1. The van der Waals surface area contributed by atoms with E-state index in [2.05, 4.69) is 20.3 Å². The molecule has 2 rings (SSSR count). The monoisotopic (exact) mass is 398 g/mol. The number of nitrogens with one attached hydrogen (secondary N) is 3. The Bertz CT molecular complexity index is 682. The Hall–Kier alpha value is -1.25. The van der Waals surface area contributed by atoms with Crippen LogP contribution in [0.25, 0.3) is 0 Å². The van der Waals surface area contributed by atoms with Gasteiger partial charge in [0.05, 0.1) is 5.75 Å². The average Bonchev–Trinajstić information content (AvgIpc) is 3.08. The summed E-state index contributed by atoms with van der Waals surface area (Å²) < 4.78 is 26.6. The van der Waals surface area contributed by atoms with Crippen LogP contribution in [0, 0.1) is 0 Å². The standard InChI is InChI=1S/C18H30N4O2S2/c1-14(2)22-26(23,24)13-16-8-6-15(7-9-16)11-20-18(19-3)21-12-17-5-4-10-25-17/h6-9,14,17,22H,4-5,10-13H2,1-3H3,(H2,19,20,21). The van der Waals surface area contributed by atoms with Crippen LogP contribution in [0.2, 0.25) is 0 Å². The first-order chi connectivity index (χ1) is 12.4. The Morgan fingerprint density at radius 2 is 1.92 bits per heavy atom. The lowest BCUT2D eigenvalue weighted by Gasteiger charge is -2.15. The lowest BCUT2D eigenvalue weighted by Crippen LogP contribution is -2.39. The SMILES string of the molecule is CN=C(NCc1ccc(CS(=O)(=O)NC(C)C)cc1)NCC1CCCS1. The smallest absolute Gasteiger partial charge is 0.216 e. The molecular weight excluding hydrogens is 368 g/mol. The highest BCUT2D eigenvalue weighted by molar-refractivity contribution is 8.00. The van der Waals surface area contributed by atoms with E-state index in [1.165, 1.54) is 18.6 Å². The van der Waals surface area contributed by atoms with E-state index in [-0.39, 0.29) is 11.8 Å². The van der Waals surface area contributed by atoms with Crippen molar-refractivity contribution in [3.8, 4) is 0 Å². The minimum absolute atomic E-state index is 0.00116. The molecule has 3 N–H and O–H groups in total. The zero-order valence-electron chi connectivity index (χ0n) is 15.8. The van der Waals surface area contributed by atoms with Gasteiger partial charge in [0.2, 0.25) is 10.0 Å². The van der Waals surface area contributed by atoms with Gasteiger partial charge in [0.25, 0.3) is 0 Å². The molecule has 146 valence electrons. The molecule has 1 aliphatic rings. The molecule has 0 aromatic heterocycles. The Morgan fingerprint density at radius 3 is 2.50 bits per heavy atom. The molecule has 0 spiro atoms. The van der Waals surface area contributed by atoms with Crippen LogP contribution in [0.15, 0.2) is 29.3 Å². The third-order valence-electron chi connectivity index (χ3n) is 4.00. The Morgan fingerprint density at radius 1 is 1.23 bits per heavy atom. The van der Waals surface area contributed by atoms with E-state index in [0.29, 0.717) is 11.8 Å². The number of hydrogen-bond acceptors (Lipinski definition) is 4. The predicted molar refractivity (Wildman–Crippen MR) is 111 cm³/mol. The minimum Gasteiger partial charge on any atom is -0.355 e. The van der Waals surface area contributed by atoms with Gasteiger partial charge in [0.15, 0.2) is 5.96 Å². The molecule has 1 saturated heterocycles. The number of guanidine groups is 1. The van der Waals surface area contributed by atoms with Gasteiger partial charge in [-0.05, 0) is 43.6 Å². The summed E-state index contributed by atoms with van der Waals surface area (Å²) in [6, 6.07) is 7.54. The van der Waals surface area contributed by atoms with Crippen molar-refractivity contribution in [3.63, 3.8) is 0 Å². The number of benzene rings is 1. The highest BCUT2D eigenvalue weighted by Gasteiger charge is 2.15. The molecule has 1 fully saturated rings. The van der Waals surface area contributed by atoms with Crippen LogP contribution in [0.4, 0.5) is 0 Å². The van der Waals surface area contributed by atoms with E-state index in [1.54, 1.807) is 7.05 Å². The van der Waals surface area contributed by atoms with Crippen molar-refractivity contribution in [1.29, 1.82) is 0 Å². The van der Waals surface area contributed by atoms with E-state index in [9.17, 15) is 8.42 Å². The summed E-state index contributed by atoms with van der Waals surface area (Å²) >= 11 is 2.02. The first-order valence-corrected chi connectivity index (χ1v) is 11.7. The number of aliphatic imine (C=N–C) groups is 1. The first-order valence-electron chi connectivity index (χ1n) is 9.02. The molecule has 1 heterocycles. The molecule has 1 atom stereocenters. The van der Waals surface area contributed by atoms with Crippen molar-refractivity contribution in [2.24, 2.45) is 4.99 Å². The highest BCUT2D eigenvalue weighted by atomic mass is 32.2. The predicted octanol–water partition coefficient (Wildman–Crippen LogP) is 2.07. The van der Waals surface area contributed by atoms with Crippen LogP contribution < -0.4 is 15.4 Å². The van der Waals surface area contributed by atoms with E-state index in [0.717, 1.165) is 23.6 Å². The van der Waals surface area contributed by atoms with Gasteiger partial charge in [-0.15, -0.1) is 0 Å². The lowest BCUT2D eigenvalue weighted by atomic mass is 10.1. The number of hydrogen-bond donors (Lipinski definition) is 3. The van der Waals surface area contributed by atoms with Crippen LogP contribution in [0.5, 0.6) is 0 Å². The maximum absolute atomic E-state index is 12.0. The zero-order chi connectivity index (χ0) is 19.0. The molecule has 26 heavy (non-hydrogen) atoms. The molecule has 0 amide bonds. The highest BCUT2D eigenvalue weighted by Crippen LogP contribution is 2.25. The van der Waals surface area contributed by atoms with Crippen molar-refractivity contribution in [3.05, 3.63) is 35.4 Å². The molecule has 0 saturated carbocycles. The molecular formula is C18H30N4O2S2. The fourth-order valence-electron chi connectivity index (χ4n) is 2.80. The second-order valence-electron chi connectivity index (χ2n) is 6.79. The average molecular weight is 399 g/mol. The summed E-state index contributed by atoms with van der Waals surface area (Å²) in [5.41, 5.74) is 1.86. The Labute approximate surface area is 161 Å². The quantitative estimate of drug-likeness (QED) is 0.461. The van der Waals surface area contributed by atoms with Gasteiger partial charge in [0.1, 0.15) is 0 Å². The lowest BCUT2D eigenvalue weighted by molar-refractivity contribution is 0.569. The third kappa shape index (κ3) is 7.55. The summed E-state index contributed by atoms with van der Waals surface area (Å²) in [7, 11) is -1.52. The molecule has 1 aliphatic heterocycles. The van der Waals surface area contributed by atoms with Crippen molar-refractivity contribution in [1.82, 2.24) is 15.4 Å². The molecule has 1 aromatic carbocycles. The second-order valence-corrected chi connectivity index (χ2v) is 9.95. The van der Waals surface area contributed by atoms with Crippen molar-refractivity contribution >= 4 is 27.7 Å². The molecule has 1 aromatic rings. The number of sulfonamides is 1. The van der Waals surface area contributed by atoms with E-state index >= 15 is 0 Å². The van der Waals surface area contributed by atoms with Gasteiger partial charge in [-0.25, -0.2) is 13.1 Å². The molecule has 6 nitrogen and oxygen atoms in total. The fraction of sp³-hybridized carbons (Fsp3) is 0.611. The number of thioether (sulfide) groups is 1. The van der Waals surface area contributed by atoms with Crippen LogP contribution in [0.3, 0.4) is 0 Å². The van der Waals surface area contributed by atoms with E-state index < -0.39 is 10.0 Å². The molecule has 0 aliphatic carbocycles. The largest absolute Gasteiger partial charge is 0.355 e. The maximum Gasteiger partial charge on any atom is 0.216 e. The molecule has 0 bridgehead atoms. The van der Waals surface area contributed by atoms with Crippen molar-refractivity contribution in [2.75, 3.05) is 19.3 Å². The molecule has 8 heteroatoms. The maximum atomic E-state index is 12.0. The Kier molecular flexibility index (Phi) is 8.24. The van der Waals surface area contributed by atoms with Crippen LogP contribution in [0.1, 0.15) is 37.8 Å². The van der Waals surface area contributed by atoms with Gasteiger partial charge in [-0.1, -0.05) is 24.3 Å². The van der Waals surface area contributed by atoms with E-state index in [4.69, 9.17) is 0 Å². The van der Waals surface area contributed by atoms with E-state index in [1.807, 2.05) is 49.9 Å². The summed E-state index contributed by atoms with van der Waals surface area (Å²) in [4.78, 5) is 4.26. The fourth-order valence-corrected chi connectivity index (χ4v) is 5.43. The Balaban J connectivity index is 1.80. The van der Waals surface area contributed by atoms with Crippen LogP contribution in [-0.4, -0.2) is 45.0 Å². The zero-order valence-corrected chi connectivity index (χ0v) is 17.4. The van der Waals surface area contributed by atoms with Crippen molar-refractivity contribution in [2.45, 2.75) is 50.3 Å². The van der Waals surface area contributed by atoms with Gasteiger partial charge >= 0.3 is 0 Å². The molecule has 0 radical (unpaired) electrons. The third-order valence-corrected chi connectivity index (χ3v) is 6.94. The summed E-state index contributed by atoms with van der Waals surface area (Å²) in [5.74, 6) is 2.05. The molecule has 1 unspecified atom stereocenters. The van der Waals surface area contributed by atoms with Gasteiger partial charge in [-0.3, -0.25) is 4.99 Å². The summed E-state index contributed by atoms with van der Waals surface area (Å²) in [5, 5.41) is 7.35. The first kappa shape index (κ1) is 21.1. The van der Waals surface area contributed by atoms with Crippen molar-refractivity contribution < 1.29 is 8.42 Å². The normalized spacial score (nSPS) is 18.3. The number of rotatable bonds is 8. The van der Waals surface area contributed by atoms with Gasteiger partial charge in [-0.2, -0.15) is 11.8 Å². The van der Waals surface area contributed by atoms with Crippen LogP contribution in [-0.2, 0) is 22.3 Å². The summed E-state index contributed by atoms with van der Waals surface area (Å²) in [6.45, 7) is 5.22.